The number of thiazole rings is 1. The number of carbonyl (C=O) groups excluding carboxylic acids is 2. The molecule has 7 heteroatoms. The quantitative estimate of drug-likeness (QED) is 0.568. The molecule has 142 valence electrons. The molecule has 0 saturated heterocycles. The number of aromatic nitrogens is 1. The van der Waals surface area contributed by atoms with Crippen LogP contribution in [0, 0.1) is 6.92 Å². The number of hydrogen-bond acceptors (Lipinski definition) is 4. The molecule has 0 saturated carbocycles. The molecule has 0 aliphatic rings. The molecular weight excluding hydrogens is 394 g/mol. The highest BCUT2D eigenvalue weighted by Gasteiger charge is 2.17. The van der Waals surface area contributed by atoms with E-state index in [0.717, 1.165) is 11.3 Å². The lowest BCUT2D eigenvalue weighted by atomic mass is 10.2. The van der Waals surface area contributed by atoms with Crippen LogP contribution in [0.4, 0.5) is 16.5 Å². The number of nitrogens with one attached hydrogen (secondary N) is 1. The van der Waals surface area contributed by atoms with E-state index < -0.39 is 0 Å². The normalized spacial score (nSPS) is 10.8. The van der Waals surface area contributed by atoms with Gasteiger partial charge in [0.05, 0.1) is 11.4 Å². The number of hydrogen-bond donors (Lipinski definition) is 1. The van der Waals surface area contributed by atoms with Gasteiger partial charge in [0.15, 0.2) is 5.13 Å². The molecule has 1 heterocycles. The molecule has 0 aliphatic heterocycles. The summed E-state index contributed by atoms with van der Waals surface area (Å²) in [6.07, 6.45) is 3.03. The summed E-state index contributed by atoms with van der Waals surface area (Å²) in [4.78, 5) is 30.3. The molecule has 28 heavy (non-hydrogen) atoms. The third kappa shape index (κ3) is 4.85. The number of anilines is 3. The van der Waals surface area contributed by atoms with Gasteiger partial charge >= 0.3 is 0 Å². The Hall–Kier alpha value is -2.96. The first-order chi connectivity index (χ1) is 13.4. The van der Waals surface area contributed by atoms with E-state index in [-0.39, 0.29) is 11.8 Å². The number of amides is 2. The van der Waals surface area contributed by atoms with Crippen molar-refractivity contribution >= 4 is 57.3 Å². The summed E-state index contributed by atoms with van der Waals surface area (Å²) in [7, 11) is 0. The fourth-order valence-electron chi connectivity index (χ4n) is 2.56. The van der Waals surface area contributed by atoms with Gasteiger partial charge in [-0.05, 0) is 48.9 Å². The topological polar surface area (TPSA) is 62.3 Å². The second kappa shape index (κ2) is 8.82. The zero-order valence-electron chi connectivity index (χ0n) is 15.3. The average molecular weight is 412 g/mol. The number of aryl methyl sites for hydroxylation is 1. The van der Waals surface area contributed by atoms with Gasteiger partial charge in [-0.3, -0.25) is 14.5 Å². The summed E-state index contributed by atoms with van der Waals surface area (Å²) in [5.41, 5.74) is 2.93. The van der Waals surface area contributed by atoms with Crippen molar-refractivity contribution in [2.45, 2.75) is 13.8 Å². The highest BCUT2D eigenvalue weighted by atomic mass is 35.5. The van der Waals surface area contributed by atoms with Gasteiger partial charge in [0, 0.05) is 29.1 Å². The molecule has 0 unspecified atom stereocenters. The standard InChI is InChI=1S/C21H18ClN3O2S/c1-14-12-16(22)8-10-19(14)24-20(27)11-9-17-13-28-21(23-17)25(15(2)26)18-6-4-3-5-7-18/h3-13H,1-2H3,(H,24,27)/b11-9+. The minimum atomic E-state index is -0.272. The van der Waals surface area contributed by atoms with Crippen LogP contribution in [-0.4, -0.2) is 16.8 Å². The molecular formula is C21H18ClN3O2S. The number of halogens is 1. The van der Waals surface area contributed by atoms with Crippen molar-refractivity contribution in [1.29, 1.82) is 0 Å². The van der Waals surface area contributed by atoms with Crippen LogP contribution in [0.15, 0.2) is 60.0 Å². The van der Waals surface area contributed by atoms with Crippen molar-refractivity contribution < 1.29 is 9.59 Å². The predicted octanol–water partition coefficient (Wildman–Crippen LogP) is 5.44. The summed E-state index contributed by atoms with van der Waals surface area (Å²) in [5, 5.41) is 5.77. The lowest BCUT2D eigenvalue weighted by Crippen LogP contribution is -2.22. The van der Waals surface area contributed by atoms with Crippen molar-refractivity contribution in [2.75, 3.05) is 10.2 Å². The van der Waals surface area contributed by atoms with E-state index in [9.17, 15) is 9.59 Å². The highest BCUT2D eigenvalue weighted by Crippen LogP contribution is 2.29. The van der Waals surface area contributed by atoms with Crippen LogP contribution in [0.25, 0.3) is 6.08 Å². The first-order valence-corrected chi connectivity index (χ1v) is 9.76. The van der Waals surface area contributed by atoms with Crippen LogP contribution in [0.3, 0.4) is 0 Å². The Labute approximate surface area is 172 Å². The van der Waals surface area contributed by atoms with Gasteiger partial charge in [-0.2, -0.15) is 0 Å². The Kier molecular flexibility index (Phi) is 6.23. The van der Waals surface area contributed by atoms with Gasteiger partial charge in [-0.1, -0.05) is 29.8 Å². The average Bonchev–Trinajstić information content (AvgIpc) is 3.11. The largest absolute Gasteiger partial charge is 0.322 e. The molecule has 0 spiro atoms. The van der Waals surface area contributed by atoms with Gasteiger partial charge in [-0.15, -0.1) is 11.3 Å². The van der Waals surface area contributed by atoms with Crippen LogP contribution < -0.4 is 10.2 Å². The van der Waals surface area contributed by atoms with Crippen molar-refractivity contribution in [2.24, 2.45) is 0 Å². The second-order valence-corrected chi connectivity index (χ2v) is 7.30. The lowest BCUT2D eigenvalue weighted by molar-refractivity contribution is -0.116. The Balaban J connectivity index is 1.72. The molecule has 1 aromatic heterocycles. The van der Waals surface area contributed by atoms with Gasteiger partial charge < -0.3 is 5.32 Å². The van der Waals surface area contributed by atoms with Crippen molar-refractivity contribution in [3.05, 3.63) is 76.3 Å². The van der Waals surface area contributed by atoms with Gasteiger partial charge in [-0.25, -0.2) is 4.98 Å². The van der Waals surface area contributed by atoms with Crippen LogP contribution in [0.5, 0.6) is 0 Å². The third-order valence-corrected chi connectivity index (χ3v) is 4.96. The van der Waals surface area contributed by atoms with Gasteiger partial charge in [0.2, 0.25) is 11.8 Å². The Morgan fingerprint density at radius 2 is 1.93 bits per heavy atom. The van der Waals surface area contributed by atoms with Crippen LogP contribution >= 0.6 is 22.9 Å². The Morgan fingerprint density at radius 1 is 1.18 bits per heavy atom. The fourth-order valence-corrected chi connectivity index (χ4v) is 3.64. The Morgan fingerprint density at radius 3 is 2.61 bits per heavy atom. The molecule has 2 amide bonds. The molecule has 5 nitrogen and oxygen atoms in total. The monoisotopic (exact) mass is 411 g/mol. The van der Waals surface area contributed by atoms with E-state index in [1.54, 1.807) is 34.6 Å². The van der Waals surface area contributed by atoms with Crippen molar-refractivity contribution in [1.82, 2.24) is 4.98 Å². The highest BCUT2D eigenvalue weighted by molar-refractivity contribution is 7.14. The van der Waals surface area contributed by atoms with E-state index in [4.69, 9.17) is 11.6 Å². The van der Waals surface area contributed by atoms with Gasteiger partial charge in [0.25, 0.3) is 0 Å². The van der Waals surface area contributed by atoms with E-state index in [2.05, 4.69) is 10.3 Å². The maximum absolute atomic E-state index is 12.2. The van der Waals surface area contributed by atoms with Gasteiger partial charge in [0.1, 0.15) is 0 Å². The third-order valence-electron chi connectivity index (χ3n) is 3.88. The number of nitrogens with zero attached hydrogens (tertiary/aromatic N) is 2. The minimum Gasteiger partial charge on any atom is -0.322 e. The molecule has 0 fully saturated rings. The van der Waals surface area contributed by atoms with E-state index >= 15 is 0 Å². The van der Waals surface area contributed by atoms with E-state index in [1.807, 2.05) is 37.3 Å². The molecule has 0 atom stereocenters. The first-order valence-electron chi connectivity index (χ1n) is 8.50. The lowest BCUT2D eigenvalue weighted by Gasteiger charge is -2.17. The minimum absolute atomic E-state index is 0.132. The van der Waals surface area contributed by atoms with Crippen LogP contribution in [-0.2, 0) is 9.59 Å². The fraction of sp³-hybridized carbons (Fsp3) is 0.0952. The second-order valence-electron chi connectivity index (χ2n) is 6.03. The molecule has 1 N–H and O–H groups in total. The number of carbonyl (C=O) groups is 2. The predicted molar refractivity (Wildman–Crippen MR) is 115 cm³/mol. The number of rotatable bonds is 5. The molecule has 0 aliphatic carbocycles. The van der Waals surface area contributed by atoms with Crippen molar-refractivity contribution in [3.63, 3.8) is 0 Å². The smallest absolute Gasteiger partial charge is 0.248 e. The molecule has 3 rings (SSSR count). The molecule has 2 aromatic carbocycles. The summed E-state index contributed by atoms with van der Waals surface area (Å²) in [5.74, 6) is -0.404. The number of benzene rings is 2. The van der Waals surface area contributed by atoms with Crippen molar-refractivity contribution in [3.8, 4) is 0 Å². The van der Waals surface area contributed by atoms with E-state index in [0.29, 0.717) is 21.5 Å². The molecule has 3 aromatic rings. The maximum Gasteiger partial charge on any atom is 0.248 e. The van der Waals surface area contributed by atoms with Crippen LogP contribution in [0.1, 0.15) is 18.2 Å². The van der Waals surface area contributed by atoms with Crippen LogP contribution in [0.2, 0.25) is 5.02 Å². The zero-order chi connectivity index (χ0) is 20.1. The summed E-state index contributed by atoms with van der Waals surface area (Å²) in [6, 6.07) is 14.6. The molecule has 0 radical (unpaired) electrons. The van der Waals surface area contributed by atoms with E-state index in [1.165, 1.54) is 24.3 Å². The maximum atomic E-state index is 12.2. The summed E-state index contributed by atoms with van der Waals surface area (Å²) < 4.78 is 0. The SMILES string of the molecule is CC(=O)N(c1ccccc1)c1nc(/C=C/C(=O)Nc2ccc(Cl)cc2C)cs1. The zero-order valence-corrected chi connectivity index (χ0v) is 16.9. The Bertz CT molecular complexity index is 1030. The summed E-state index contributed by atoms with van der Waals surface area (Å²) >= 11 is 7.26. The molecule has 0 bridgehead atoms. The first kappa shape index (κ1) is 19.8. The number of para-hydroxylation sites is 1. The summed E-state index contributed by atoms with van der Waals surface area (Å²) in [6.45, 7) is 3.36.